The van der Waals surface area contributed by atoms with Crippen molar-refractivity contribution >= 4 is 16.9 Å². The Kier molecular flexibility index (Phi) is 3.18. The molecule has 0 atom stereocenters. The van der Waals surface area contributed by atoms with Crippen LogP contribution in [-0.4, -0.2) is 22.4 Å². The molecule has 0 aliphatic heterocycles. The lowest BCUT2D eigenvalue weighted by atomic mass is 10.2. The molecule has 88 valence electrons. The molecule has 0 unspecified atom stereocenters. The molecule has 1 amide bonds. The van der Waals surface area contributed by atoms with Crippen LogP contribution in [0.3, 0.4) is 0 Å². The first-order valence-electron chi connectivity index (χ1n) is 5.48. The number of fused-ring (bicyclic) bond motifs is 1. The molecule has 1 aromatic carbocycles. The molecule has 2 N–H and O–H groups in total. The SMILES string of the molecule is CCCNC(=O)c1ccc2ncc(=O)[nH]c2c1. The van der Waals surface area contributed by atoms with Crippen molar-refractivity contribution in [2.24, 2.45) is 0 Å². The number of hydrogen-bond donors (Lipinski definition) is 2. The quantitative estimate of drug-likeness (QED) is 0.829. The van der Waals surface area contributed by atoms with Crippen molar-refractivity contribution < 1.29 is 4.79 Å². The fourth-order valence-electron chi connectivity index (χ4n) is 1.52. The predicted octanol–water partition coefficient (Wildman–Crippen LogP) is 1.06. The highest BCUT2D eigenvalue weighted by molar-refractivity contribution is 5.97. The second-order valence-corrected chi connectivity index (χ2v) is 3.74. The third-order valence-electron chi connectivity index (χ3n) is 2.37. The first-order valence-corrected chi connectivity index (χ1v) is 5.48. The zero-order chi connectivity index (χ0) is 12.3. The highest BCUT2D eigenvalue weighted by Gasteiger charge is 2.05. The molecule has 0 spiro atoms. The highest BCUT2D eigenvalue weighted by Crippen LogP contribution is 2.09. The number of H-pyrrole nitrogens is 1. The molecule has 17 heavy (non-hydrogen) atoms. The molecular formula is C12H13N3O2. The molecule has 0 fully saturated rings. The summed E-state index contributed by atoms with van der Waals surface area (Å²) in [6.45, 7) is 2.63. The molecule has 5 heteroatoms. The van der Waals surface area contributed by atoms with E-state index in [2.05, 4.69) is 15.3 Å². The van der Waals surface area contributed by atoms with E-state index in [-0.39, 0.29) is 11.5 Å². The van der Waals surface area contributed by atoms with E-state index < -0.39 is 0 Å². The van der Waals surface area contributed by atoms with Gasteiger partial charge in [-0.2, -0.15) is 0 Å². The zero-order valence-corrected chi connectivity index (χ0v) is 9.49. The number of benzene rings is 1. The average Bonchev–Trinajstić information content (AvgIpc) is 2.35. The summed E-state index contributed by atoms with van der Waals surface area (Å²) in [4.78, 5) is 29.4. The fraction of sp³-hybridized carbons (Fsp3) is 0.250. The van der Waals surface area contributed by atoms with Crippen molar-refractivity contribution in [1.82, 2.24) is 15.3 Å². The van der Waals surface area contributed by atoms with E-state index in [1.165, 1.54) is 6.20 Å². The summed E-state index contributed by atoms with van der Waals surface area (Å²) in [5.74, 6) is -0.140. The second-order valence-electron chi connectivity index (χ2n) is 3.74. The minimum atomic E-state index is -0.274. The summed E-state index contributed by atoms with van der Waals surface area (Å²) in [5, 5.41) is 2.78. The number of carbonyl (C=O) groups is 1. The third kappa shape index (κ3) is 2.50. The van der Waals surface area contributed by atoms with Gasteiger partial charge in [0.05, 0.1) is 17.2 Å². The van der Waals surface area contributed by atoms with Gasteiger partial charge in [0.15, 0.2) is 0 Å². The Morgan fingerprint density at radius 2 is 2.29 bits per heavy atom. The summed E-state index contributed by atoms with van der Waals surface area (Å²) >= 11 is 0. The van der Waals surface area contributed by atoms with E-state index in [0.29, 0.717) is 23.1 Å². The van der Waals surface area contributed by atoms with Gasteiger partial charge in [0, 0.05) is 12.1 Å². The number of rotatable bonds is 3. The maximum absolute atomic E-state index is 11.7. The van der Waals surface area contributed by atoms with Crippen LogP contribution >= 0.6 is 0 Å². The van der Waals surface area contributed by atoms with Crippen LogP contribution in [0.5, 0.6) is 0 Å². The van der Waals surface area contributed by atoms with Crippen LogP contribution < -0.4 is 10.9 Å². The Bertz CT molecular complexity index is 604. The Labute approximate surface area is 97.9 Å². The molecule has 5 nitrogen and oxygen atoms in total. The van der Waals surface area contributed by atoms with Crippen LogP contribution in [-0.2, 0) is 0 Å². The van der Waals surface area contributed by atoms with Gasteiger partial charge in [0.25, 0.3) is 11.5 Å². The van der Waals surface area contributed by atoms with Crippen LogP contribution in [0, 0.1) is 0 Å². The molecule has 0 saturated heterocycles. The Balaban J connectivity index is 2.36. The van der Waals surface area contributed by atoms with Gasteiger partial charge < -0.3 is 10.3 Å². The van der Waals surface area contributed by atoms with Gasteiger partial charge in [-0.1, -0.05) is 6.92 Å². The van der Waals surface area contributed by atoms with E-state index in [1.807, 2.05) is 6.92 Å². The molecule has 1 heterocycles. The van der Waals surface area contributed by atoms with Gasteiger partial charge >= 0.3 is 0 Å². The third-order valence-corrected chi connectivity index (χ3v) is 2.37. The van der Waals surface area contributed by atoms with E-state index in [1.54, 1.807) is 18.2 Å². The lowest BCUT2D eigenvalue weighted by Crippen LogP contribution is -2.24. The largest absolute Gasteiger partial charge is 0.352 e. The van der Waals surface area contributed by atoms with Crippen LogP contribution in [0.25, 0.3) is 11.0 Å². The van der Waals surface area contributed by atoms with Gasteiger partial charge in [-0.3, -0.25) is 9.59 Å². The van der Waals surface area contributed by atoms with Gasteiger partial charge in [-0.15, -0.1) is 0 Å². The minimum absolute atomic E-state index is 0.140. The first-order chi connectivity index (χ1) is 8.20. The molecule has 0 radical (unpaired) electrons. The number of nitrogens with one attached hydrogen (secondary N) is 2. The van der Waals surface area contributed by atoms with Crippen LogP contribution in [0.1, 0.15) is 23.7 Å². The van der Waals surface area contributed by atoms with Crippen molar-refractivity contribution in [3.63, 3.8) is 0 Å². The van der Waals surface area contributed by atoms with E-state index in [0.717, 1.165) is 6.42 Å². The average molecular weight is 231 g/mol. The number of amides is 1. The smallest absolute Gasteiger partial charge is 0.266 e. The van der Waals surface area contributed by atoms with Crippen molar-refractivity contribution in [1.29, 1.82) is 0 Å². The van der Waals surface area contributed by atoms with Crippen LogP contribution in [0.4, 0.5) is 0 Å². The number of hydrogen-bond acceptors (Lipinski definition) is 3. The second kappa shape index (κ2) is 4.78. The Morgan fingerprint density at radius 1 is 1.47 bits per heavy atom. The van der Waals surface area contributed by atoms with Crippen molar-refractivity contribution in [2.45, 2.75) is 13.3 Å². The standard InChI is InChI=1S/C12H13N3O2/c1-2-5-13-12(17)8-3-4-9-10(6-8)15-11(16)7-14-9/h3-4,6-7H,2,5H2,1H3,(H,13,17)(H,15,16). The van der Waals surface area contributed by atoms with Gasteiger partial charge in [0.2, 0.25) is 0 Å². The van der Waals surface area contributed by atoms with E-state index in [9.17, 15) is 9.59 Å². The summed E-state index contributed by atoms with van der Waals surface area (Å²) in [6, 6.07) is 5.04. The molecular weight excluding hydrogens is 218 g/mol. The molecule has 2 rings (SSSR count). The summed E-state index contributed by atoms with van der Waals surface area (Å²) in [6.07, 6.45) is 2.11. The Hall–Kier alpha value is -2.17. The number of aromatic nitrogens is 2. The Morgan fingerprint density at radius 3 is 3.06 bits per heavy atom. The molecule has 0 saturated carbocycles. The number of aromatic amines is 1. The monoisotopic (exact) mass is 231 g/mol. The molecule has 0 aliphatic rings. The normalized spacial score (nSPS) is 10.4. The van der Waals surface area contributed by atoms with Gasteiger partial charge in [0.1, 0.15) is 0 Å². The molecule has 2 aromatic rings. The van der Waals surface area contributed by atoms with Crippen molar-refractivity contribution in [3.05, 3.63) is 40.3 Å². The van der Waals surface area contributed by atoms with Crippen molar-refractivity contribution in [2.75, 3.05) is 6.54 Å². The lowest BCUT2D eigenvalue weighted by Gasteiger charge is -2.04. The van der Waals surface area contributed by atoms with Crippen molar-refractivity contribution in [3.8, 4) is 0 Å². The summed E-state index contributed by atoms with van der Waals surface area (Å²) in [7, 11) is 0. The number of nitrogens with zero attached hydrogens (tertiary/aromatic N) is 1. The fourth-order valence-corrected chi connectivity index (χ4v) is 1.52. The van der Waals surface area contributed by atoms with E-state index >= 15 is 0 Å². The highest BCUT2D eigenvalue weighted by atomic mass is 16.1. The number of carbonyl (C=O) groups excluding carboxylic acids is 1. The van der Waals surface area contributed by atoms with Gasteiger partial charge in [-0.05, 0) is 24.6 Å². The molecule has 1 aromatic heterocycles. The maximum Gasteiger partial charge on any atom is 0.266 e. The molecule has 0 bridgehead atoms. The first kappa shape index (κ1) is 11.3. The topological polar surface area (TPSA) is 74.8 Å². The lowest BCUT2D eigenvalue weighted by molar-refractivity contribution is 0.0954. The summed E-state index contributed by atoms with van der Waals surface area (Å²) in [5.41, 5.74) is 1.48. The van der Waals surface area contributed by atoms with E-state index in [4.69, 9.17) is 0 Å². The van der Waals surface area contributed by atoms with Crippen LogP contribution in [0.2, 0.25) is 0 Å². The summed E-state index contributed by atoms with van der Waals surface area (Å²) < 4.78 is 0. The van der Waals surface area contributed by atoms with Gasteiger partial charge in [-0.25, -0.2) is 4.98 Å². The maximum atomic E-state index is 11.7. The minimum Gasteiger partial charge on any atom is -0.352 e. The van der Waals surface area contributed by atoms with Crippen LogP contribution in [0.15, 0.2) is 29.2 Å². The predicted molar refractivity (Wildman–Crippen MR) is 65.0 cm³/mol. The molecule has 0 aliphatic carbocycles. The zero-order valence-electron chi connectivity index (χ0n) is 9.49.